The molecule has 96 valence electrons. The summed E-state index contributed by atoms with van der Waals surface area (Å²) < 4.78 is 4.65. The number of hydrogen-bond acceptors (Lipinski definition) is 2. The maximum atomic E-state index is 10.3. The Bertz CT molecular complexity index is 187. The second-order valence-electron chi connectivity index (χ2n) is 4.88. The molecule has 0 aromatic carbocycles. The van der Waals surface area contributed by atoms with E-state index >= 15 is 0 Å². The first kappa shape index (κ1) is 15.5. The minimum atomic E-state index is -1.25. The normalized spacial score (nSPS) is 11.4. The van der Waals surface area contributed by atoms with Gasteiger partial charge in [-0.05, 0) is 6.04 Å². The van der Waals surface area contributed by atoms with Crippen LogP contribution in [0.15, 0.2) is 0 Å². The van der Waals surface area contributed by atoms with Gasteiger partial charge in [-0.1, -0.05) is 58.2 Å². The predicted molar refractivity (Wildman–Crippen MR) is 69.8 cm³/mol. The van der Waals surface area contributed by atoms with Gasteiger partial charge in [-0.25, -0.2) is 4.79 Å². The molecule has 16 heavy (non-hydrogen) atoms. The van der Waals surface area contributed by atoms with Crippen molar-refractivity contribution in [1.82, 2.24) is 0 Å². The third-order valence-electron chi connectivity index (χ3n) is 3.20. The molecule has 0 spiro atoms. The zero-order chi connectivity index (χ0) is 12.4. The van der Waals surface area contributed by atoms with Gasteiger partial charge in [0.05, 0.1) is 14.7 Å². The lowest BCUT2D eigenvalue weighted by atomic mass is 10.4. The highest BCUT2D eigenvalue weighted by molar-refractivity contribution is 6.78. The first-order chi connectivity index (χ1) is 7.54. The van der Waals surface area contributed by atoms with Crippen molar-refractivity contribution in [3.63, 3.8) is 0 Å². The molecule has 0 aromatic heterocycles. The number of rotatable bonds is 9. The fourth-order valence-electron chi connectivity index (χ4n) is 1.97. The fourth-order valence-corrected chi connectivity index (χ4v) is 5.73. The molecule has 0 amide bonds. The van der Waals surface area contributed by atoms with Crippen LogP contribution in [0.4, 0.5) is 4.79 Å². The van der Waals surface area contributed by atoms with Gasteiger partial charge in [0, 0.05) is 0 Å². The number of unbranched alkanes of at least 4 members (excludes halogenated alkanes) is 2. The van der Waals surface area contributed by atoms with E-state index in [0.29, 0.717) is 6.61 Å². The molecule has 0 fully saturated rings. The van der Waals surface area contributed by atoms with Crippen LogP contribution in [0, 0.1) is 0 Å². The molecule has 0 bridgehead atoms. The molecule has 4 heteroatoms. The van der Waals surface area contributed by atoms with Crippen molar-refractivity contribution >= 4 is 14.2 Å². The smallest absolute Gasteiger partial charge is 0.450 e. The van der Waals surface area contributed by atoms with Gasteiger partial charge in [-0.3, -0.25) is 0 Å². The van der Waals surface area contributed by atoms with Crippen LogP contribution in [0.3, 0.4) is 0 Å². The molecule has 0 atom stereocenters. The monoisotopic (exact) mass is 246 g/mol. The molecule has 0 aromatic rings. The third-order valence-corrected chi connectivity index (χ3v) is 7.73. The zero-order valence-corrected chi connectivity index (χ0v) is 11.9. The van der Waals surface area contributed by atoms with Crippen LogP contribution >= 0.6 is 0 Å². The summed E-state index contributed by atoms with van der Waals surface area (Å²) in [5, 5.41) is 8.46. The predicted octanol–water partition coefficient (Wildman–Crippen LogP) is 4.36. The van der Waals surface area contributed by atoms with Crippen LogP contribution in [-0.4, -0.2) is 25.9 Å². The molecule has 0 saturated heterocycles. The number of carbonyl (C=O) groups is 1. The van der Waals surface area contributed by atoms with Crippen molar-refractivity contribution in [3.8, 4) is 0 Å². The Morgan fingerprint density at radius 3 is 2.00 bits per heavy atom. The summed E-state index contributed by atoms with van der Waals surface area (Å²) >= 11 is 0. The summed E-state index contributed by atoms with van der Waals surface area (Å²) in [6, 6.07) is 3.61. The molecule has 0 radical (unpaired) electrons. The first-order valence-electron chi connectivity index (χ1n) is 6.40. The third kappa shape index (κ3) is 7.74. The maximum absolute atomic E-state index is 10.3. The van der Waals surface area contributed by atoms with Gasteiger partial charge >= 0.3 is 6.16 Å². The minimum absolute atomic E-state index is 0.394. The standard InChI is InChI=1S/C12H26O3Si/c1-4-6-9-16(3,10-7-5-2)11-8-15-12(13)14/h4-11H2,1-3H3,(H,13,14). The molecule has 0 saturated carbocycles. The van der Waals surface area contributed by atoms with Crippen molar-refractivity contribution in [1.29, 1.82) is 0 Å². The highest BCUT2D eigenvalue weighted by Crippen LogP contribution is 2.25. The summed E-state index contributed by atoms with van der Waals surface area (Å²) in [6.07, 6.45) is 3.88. The average molecular weight is 246 g/mol. The van der Waals surface area contributed by atoms with Crippen LogP contribution in [0.5, 0.6) is 0 Å². The van der Waals surface area contributed by atoms with Crippen LogP contribution in [-0.2, 0) is 4.74 Å². The van der Waals surface area contributed by atoms with Crippen LogP contribution in [0.1, 0.15) is 39.5 Å². The van der Waals surface area contributed by atoms with E-state index in [9.17, 15) is 4.79 Å². The van der Waals surface area contributed by atoms with Gasteiger partial charge in [0.25, 0.3) is 0 Å². The number of ether oxygens (including phenoxy) is 1. The van der Waals surface area contributed by atoms with Gasteiger partial charge in [0.15, 0.2) is 0 Å². The first-order valence-corrected chi connectivity index (χ1v) is 9.52. The topological polar surface area (TPSA) is 46.5 Å². The average Bonchev–Trinajstić information content (AvgIpc) is 2.23. The minimum Gasteiger partial charge on any atom is -0.450 e. The molecule has 1 N–H and O–H groups in total. The highest BCUT2D eigenvalue weighted by atomic mass is 28.3. The number of hydrogen-bond donors (Lipinski definition) is 1. The van der Waals surface area contributed by atoms with Gasteiger partial charge in [0.2, 0.25) is 0 Å². The van der Waals surface area contributed by atoms with Crippen LogP contribution < -0.4 is 0 Å². The molecule has 3 nitrogen and oxygen atoms in total. The Kier molecular flexibility index (Phi) is 8.34. The summed E-state index contributed by atoms with van der Waals surface area (Å²) in [7, 11) is -1.25. The Hall–Kier alpha value is -0.513. The second-order valence-corrected chi connectivity index (χ2v) is 10.0. The Morgan fingerprint density at radius 2 is 1.62 bits per heavy atom. The van der Waals surface area contributed by atoms with E-state index in [1.165, 1.54) is 37.8 Å². The van der Waals surface area contributed by atoms with E-state index in [2.05, 4.69) is 25.1 Å². The van der Waals surface area contributed by atoms with E-state index in [1.807, 2.05) is 0 Å². The molecule has 0 aliphatic rings. The van der Waals surface area contributed by atoms with E-state index in [1.54, 1.807) is 0 Å². The Morgan fingerprint density at radius 1 is 1.12 bits per heavy atom. The SMILES string of the molecule is CCCC[Si](C)(CCCC)CCOC(=O)O. The molecular formula is C12H26O3Si. The van der Waals surface area contributed by atoms with Gasteiger partial charge in [-0.15, -0.1) is 0 Å². The highest BCUT2D eigenvalue weighted by Gasteiger charge is 2.25. The summed E-state index contributed by atoms with van der Waals surface area (Å²) in [5.74, 6) is 0. The maximum Gasteiger partial charge on any atom is 0.505 e. The molecule has 0 rings (SSSR count). The Labute approximate surface area is 100 Å². The largest absolute Gasteiger partial charge is 0.505 e. The summed E-state index contributed by atoms with van der Waals surface area (Å²) in [5.41, 5.74) is 0. The van der Waals surface area contributed by atoms with Gasteiger partial charge in [-0.2, -0.15) is 0 Å². The lowest BCUT2D eigenvalue weighted by Crippen LogP contribution is -2.31. The van der Waals surface area contributed by atoms with Crippen molar-refractivity contribution in [2.24, 2.45) is 0 Å². The van der Waals surface area contributed by atoms with E-state index in [-0.39, 0.29) is 0 Å². The summed E-state index contributed by atoms with van der Waals surface area (Å²) in [4.78, 5) is 10.3. The molecular weight excluding hydrogens is 220 g/mol. The molecule has 0 aliphatic heterocycles. The van der Waals surface area contributed by atoms with Crippen molar-refractivity contribution in [2.45, 2.75) is 64.2 Å². The number of carboxylic acid groups (broad SMARTS) is 1. The lowest BCUT2D eigenvalue weighted by Gasteiger charge is -2.27. The lowest BCUT2D eigenvalue weighted by molar-refractivity contribution is 0.0962. The van der Waals surface area contributed by atoms with E-state index in [0.717, 1.165) is 6.04 Å². The Balaban J connectivity index is 4.01. The molecule has 0 unspecified atom stereocenters. The quantitative estimate of drug-likeness (QED) is 0.485. The van der Waals surface area contributed by atoms with Gasteiger partial charge in [0.1, 0.15) is 0 Å². The van der Waals surface area contributed by atoms with Crippen molar-refractivity contribution in [3.05, 3.63) is 0 Å². The van der Waals surface area contributed by atoms with Gasteiger partial charge < -0.3 is 9.84 Å². The zero-order valence-electron chi connectivity index (χ0n) is 10.9. The van der Waals surface area contributed by atoms with E-state index in [4.69, 9.17) is 5.11 Å². The van der Waals surface area contributed by atoms with Crippen LogP contribution in [0.2, 0.25) is 24.7 Å². The van der Waals surface area contributed by atoms with Crippen molar-refractivity contribution < 1.29 is 14.6 Å². The van der Waals surface area contributed by atoms with Crippen molar-refractivity contribution in [2.75, 3.05) is 6.61 Å². The van der Waals surface area contributed by atoms with Crippen LogP contribution in [0.25, 0.3) is 0 Å². The summed E-state index contributed by atoms with van der Waals surface area (Å²) in [6.45, 7) is 7.21. The molecule has 0 heterocycles. The van der Waals surface area contributed by atoms with E-state index < -0.39 is 14.2 Å². The second kappa shape index (κ2) is 8.62. The molecule has 0 aliphatic carbocycles. The fraction of sp³-hybridized carbons (Fsp3) is 0.917.